The van der Waals surface area contributed by atoms with E-state index in [0.717, 1.165) is 5.56 Å². The Hall–Kier alpha value is -3.36. The zero-order chi connectivity index (χ0) is 22.3. The molecule has 2 aromatic rings. The molecule has 1 aromatic carbocycles. The highest BCUT2D eigenvalue weighted by molar-refractivity contribution is 6.02. The fourth-order valence-corrected chi connectivity index (χ4v) is 2.66. The summed E-state index contributed by atoms with van der Waals surface area (Å²) in [6, 6.07) is 8.32. The molecule has 0 spiro atoms. The average molecular weight is 416 g/mol. The lowest BCUT2D eigenvalue weighted by atomic mass is 10.1. The molecule has 2 rings (SSSR count). The van der Waals surface area contributed by atoms with E-state index in [1.807, 2.05) is 30.3 Å². The number of benzene rings is 1. The number of amides is 2. The summed E-state index contributed by atoms with van der Waals surface area (Å²) >= 11 is 0. The van der Waals surface area contributed by atoms with Crippen molar-refractivity contribution in [2.75, 3.05) is 11.9 Å². The fraction of sp³-hybridized carbons (Fsp3) is 0.429. The minimum Gasteiger partial charge on any atom is -0.462 e. The van der Waals surface area contributed by atoms with Gasteiger partial charge in [0.1, 0.15) is 23.0 Å². The molecule has 9 nitrogen and oxygen atoms in total. The molecular formula is C21H28N4O5. The number of alkyl carbamates (subject to hydrolysis) is 1. The van der Waals surface area contributed by atoms with Gasteiger partial charge in [-0.1, -0.05) is 30.3 Å². The Bertz CT molecular complexity index is 887. The van der Waals surface area contributed by atoms with Crippen molar-refractivity contribution in [3.05, 3.63) is 47.7 Å². The topological polar surface area (TPSA) is 112 Å². The Morgan fingerprint density at radius 3 is 2.43 bits per heavy atom. The summed E-state index contributed by atoms with van der Waals surface area (Å²) in [6.07, 6.45) is 0.841. The summed E-state index contributed by atoms with van der Waals surface area (Å²) in [7, 11) is 1.59. The predicted octanol–water partition coefficient (Wildman–Crippen LogP) is 2.67. The third-order valence-electron chi connectivity index (χ3n) is 3.97. The summed E-state index contributed by atoms with van der Waals surface area (Å²) in [5, 5.41) is 9.30. The molecule has 2 amide bonds. The van der Waals surface area contributed by atoms with E-state index in [-0.39, 0.29) is 24.4 Å². The molecule has 0 saturated heterocycles. The van der Waals surface area contributed by atoms with Gasteiger partial charge < -0.3 is 20.1 Å². The van der Waals surface area contributed by atoms with Gasteiger partial charge in [-0.2, -0.15) is 5.10 Å². The first-order valence-corrected chi connectivity index (χ1v) is 9.64. The normalized spacial score (nSPS) is 12.0. The molecule has 0 aliphatic rings. The van der Waals surface area contributed by atoms with Crippen LogP contribution in [0.5, 0.6) is 0 Å². The summed E-state index contributed by atoms with van der Waals surface area (Å²) in [5.74, 6) is -0.929. The van der Waals surface area contributed by atoms with E-state index in [1.54, 1.807) is 34.7 Å². The summed E-state index contributed by atoms with van der Waals surface area (Å²) in [5.41, 5.74) is 0.268. The zero-order valence-corrected chi connectivity index (χ0v) is 17.9. The number of aromatic nitrogens is 2. The number of esters is 1. The first kappa shape index (κ1) is 22.9. The van der Waals surface area contributed by atoms with Crippen LogP contribution in [0.4, 0.5) is 10.6 Å². The number of hydrogen-bond acceptors (Lipinski definition) is 6. The van der Waals surface area contributed by atoms with Crippen LogP contribution in [0.25, 0.3) is 0 Å². The van der Waals surface area contributed by atoms with Crippen molar-refractivity contribution in [2.45, 2.75) is 45.8 Å². The van der Waals surface area contributed by atoms with Gasteiger partial charge >= 0.3 is 12.1 Å². The monoisotopic (exact) mass is 416 g/mol. The molecule has 2 N–H and O–H groups in total. The minimum atomic E-state index is -0.938. The van der Waals surface area contributed by atoms with Gasteiger partial charge in [-0.05, 0) is 33.3 Å². The average Bonchev–Trinajstić information content (AvgIpc) is 3.01. The van der Waals surface area contributed by atoms with Crippen molar-refractivity contribution < 1.29 is 23.9 Å². The number of carbonyl (C=O) groups is 3. The van der Waals surface area contributed by atoms with E-state index < -0.39 is 29.6 Å². The maximum absolute atomic E-state index is 13.0. The number of ether oxygens (including phenoxy) is 2. The largest absolute Gasteiger partial charge is 0.462 e. The van der Waals surface area contributed by atoms with E-state index in [2.05, 4.69) is 15.7 Å². The van der Waals surface area contributed by atoms with Crippen LogP contribution in [-0.2, 0) is 27.7 Å². The Morgan fingerprint density at radius 2 is 1.83 bits per heavy atom. The highest BCUT2D eigenvalue weighted by atomic mass is 16.6. The number of nitrogens with zero attached hydrogens (tertiary/aromatic N) is 2. The number of aryl methyl sites for hydroxylation is 1. The van der Waals surface area contributed by atoms with E-state index in [1.165, 1.54) is 10.9 Å². The Labute approximate surface area is 175 Å². The van der Waals surface area contributed by atoms with Crippen LogP contribution in [0, 0.1) is 0 Å². The fourth-order valence-electron chi connectivity index (χ4n) is 2.66. The van der Waals surface area contributed by atoms with Crippen LogP contribution in [0.3, 0.4) is 0 Å². The molecule has 0 saturated carbocycles. The van der Waals surface area contributed by atoms with Crippen LogP contribution >= 0.6 is 0 Å². The summed E-state index contributed by atoms with van der Waals surface area (Å²) in [6.45, 7) is 7.09. The number of nitrogens with one attached hydrogen (secondary N) is 2. The van der Waals surface area contributed by atoms with Crippen molar-refractivity contribution in [3.8, 4) is 0 Å². The van der Waals surface area contributed by atoms with Gasteiger partial charge in [-0.3, -0.25) is 9.48 Å². The van der Waals surface area contributed by atoms with Crippen LogP contribution in [0.1, 0.15) is 43.6 Å². The Kier molecular flexibility index (Phi) is 7.57. The van der Waals surface area contributed by atoms with Crippen molar-refractivity contribution in [1.82, 2.24) is 15.1 Å². The zero-order valence-electron chi connectivity index (χ0n) is 17.9. The molecule has 1 atom stereocenters. The molecule has 9 heteroatoms. The summed E-state index contributed by atoms with van der Waals surface area (Å²) in [4.78, 5) is 37.5. The second-order valence-electron chi connectivity index (χ2n) is 7.63. The molecule has 1 unspecified atom stereocenters. The van der Waals surface area contributed by atoms with Crippen LogP contribution < -0.4 is 10.6 Å². The predicted molar refractivity (Wildman–Crippen MR) is 111 cm³/mol. The molecule has 162 valence electrons. The molecule has 0 aliphatic heterocycles. The van der Waals surface area contributed by atoms with Gasteiger partial charge in [-0.25, -0.2) is 9.59 Å². The third kappa shape index (κ3) is 6.61. The third-order valence-corrected chi connectivity index (χ3v) is 3.97. The van der Waals surface area contributed by atoms with E-state index >= 15 is 0 Å². The first-order chi connectivity index (χ1) is 14.1. The Morgan fingerprint density at radius 1 is 1.17 bits per heavy atom. The highest BCUT2D eigenvalue weighted by Gasteiger charge is 2.27. The van der Waals surface area contributed by atoms with Crippen molar-refractivity contribution in [1.29, 1.82) is 0 Å². The molecular weight excluding hydrogens is 388 g/mol. The van der Waals surface area contributed by atoms with Crippen LogP contribution in [0.15, 0.2) is 36.5 Å². The standard InChI is InChI=1S/C21H28N4O5/c1-6-29-19(27)15-13-22-25(5)17(15)24-18(26)16(12-14-10-8-7-9-11-14)23-20(28)30-21(2,3)4/h7-11,13,16H,6,12H2,1-5H3,(H,23,28)(H,24,26). The lowest BCUT2D eigenvalue weighted by molar-refractivity contribution is -0.118. The number of rotatable bonds is 7. The van der Waals surface area contributed by atoms with Crippen molar-refractivity contribution in [2.24, 2.45) is 7.05 Å². The first-order valence-electron chi connectivity index (χ1n) is 9.64. The SMILES string of the molecule is CCOC(=O)c1cnn(C)c1NC(=O)C(Cc1ccccc1)NC(=O)OC(C)(C)C. The second-order valence-corrected chi connectivity index (χ2v) is 7.63. The number of hydrogen-bond donors (Lipinski definition) is 2. The lowest BCUT2D eigenvalue weighted by Gasteiger charge is -2.23. The molecule has 1 heterocycles. The summed E-state index contributed by atoms with van der Waals surface area (Å²) < 4.78 is 11.7. The second kappa shape index (κ2) is 9.91. The minimum absolute atomic E-state index is 0.128. The van der Waals surface area contributed by atoms with E-state index in [4.69, 9.17) is 9.47 Å². The van der Waals surface area contributed by atoms with Crippen LogP contribution in [0.2, 0.25) is 0 Å². The maximum Gasteiger partial charge on any atom is 0.408 e. The van der Waals surface area contributed by atoms with Gasteiger partial charge in [0.2, 0.25) is 5.91 Å². The van der Waals surface area contributed by atoms with E-state index in [0.29, 0.717) is 0 Å². The number of anilines is 1. The van der Waals surface area contributed by atoms with Gasteiger partial charge in [0, 0.05) is 13.5 Å². The van der Waals surface area contributed by atoms with Gasteiger partial charge in [0.05, 0.1) is 12.8 Å². The smallest absolute Gasteiger partial charge is 0.408 e. The molecule has 30 heavy (non-hydrogen) atoms. The molecule has 0 aliphatic carbocycles. The number of carbonyl (C=O) groups excluding carboxylic acids is 3. The van der Waals surface area contributed by atoms with Crippen LogP contribution in [-0.4, -0.2) is 46.0 Å². The highest BCUT2D eigenvalue weighted by Crippen LogP contribution is 2.17. The quantitative estimate of drug-likeness (QED) is 0.671. The van der Waals surface area contributed by atoms with Gasteiger partial charge in [-0.15, -0.1) is 0 Å². The molecule has 0 bridgehead atoms. The molecule has 0 radical (unpaired) electrons. The van der Waals surface area contributed by atoms with Crippen molar-refractivity contribution in [3.63, 3.8) is 0 Å². The van der Waals surface area contributed by atoms with Gasteiger partial charge in [0.25, 0.3) is 0 Å². The Balaban J connectivity index is 2.23. The van der Waals surface area contributed by atoms with Crippen molar-refractivity contribution >= 4 is 23.8 Å². The molecule has 1 aromatic heterocycles. The van der Waals surface area contributed by atoms with Gasteiger partial charge in [0.15, 0.2) is 0 Å². The molecule has 0 fully saturated rings. The lowest BCUT2D eigenvalue weighted by Crippen LogP contribution is -2.47. The van der Waals surface area contributed by atoms with E-state index in [9.17, 15) is 14.4 Å². The maximum atomic E-state index is 13.0.